The molecule has 2 unspecified atom stereocenters. The SMILES string of the molecule is Cc1cccc(C(NC(=O)C2CCCN(C(=O)C3CC3)C2)C(=O)O)c1C. The van der Waals surface area contributed by atoms with E-state index in [4.69, 9.17) is 0 Å². The van der Waals surface area contributed by atoms with Crippen LogP contribution in [-0.4, -0.2) is 40.9 Å². The van der Waals surface area contributed by atoms with E-state index in [1.807, 2.05) is 19.9 Å². The van der Waals surface area contributed by atoms with E-state index >= 15 is 0 Å². The minimum absolute atomic E-state index is 0.138. The van der Waals surface area contributed by atoms with Crippen molar-refractivity contribution < 1.29 is 19.5 Å². The average Bonchev–Trinajstić information content (AvgIpc) is 3.46. The van der Waals surface area contributed by atoms with E-state index in [-0.39, 0.29) is 23.7 Å². The normalized spacial score (nSPS) is 21.2. The number of aryl methyl sites for hydroxylation is 1. The first-order valence-electron chi connectivity index (χ1n) is 9.26. The third kappa shape index (κ3) is 3.89. The molecule has 0 bridgehead atoms. The van der Waals surface area contributed by atoms with Gasteiger partial charge >= 0.3 is 5.97 Å². The van der Waals surface area contributed by atoms with Gasteiger partial charge in [-0.3, -0.25) is 9.59 Å². The second-order valence-corrected chi connectivity index (χ2v) is 7.47. The molecule has 0 spiro atoms. The molecular formula is C20H26N2O4. The van der Waals surface area contributed by atoms with Crippen LogP contribution >= 0.6 is 0 Å². The van der Waals surface area contributed by atoms with Crippen molar-refractivity contribution in [2.75, 3.05) is 13.1 Å². The van der Waals surface area contributed by atoms with Crippen molar-refractivity contribution in [2.45, 2.75) is 45.6 Å². The first-order valence-corrected chi connectivity index (χ1v) is 9.26. The monoisotopic (exact) mass is 358 g/mol. The van der Waals surface area contributed by atoms with Gasteiger partial charge in [0.1, 0.15) is 0 Å². The van der Waals surface area contributed by atoms with Crippen molar-refractivity contribution in [1.82, 2.24) is 10.2 Å². The molecular weight excluding hydrogens is 332 g/mol. The summed E-state index contributed by atoms with van der Waals surface area (Å²) < 4.78 is 0. The van der Waals surface area contributed by atoms with Crippen LogP contribution in [0.2, 0.25) is 0 Å². The summed E-state index contributed by atoms with van der Waals surface area (Å²) in [5, 5.41) is 12.3. The highest BCUT2D eigenvalue weighted by molar-refractivity contribution is 5.87. The number of hydrogen-bond acceptors (Lipinski definition) is 3. The van der Waals surface area contributed by atoms with E-state index in [1.54, 1.807) is 17.0 Å². The Morgan fingerprint density at radius 1 is 1.15 bits per heavy atom. The van der Waals surface area contributed by atoms with E-state index < -0.39 is 12.0 Å². The number of carboxylic acid groups (broad SMARTS) is 1. The number of carbonyl (C=O) groups excluding carboxylic acids is 2. The largest absolute Gasteiger partial charge is 0.479 e. The Morgan fingerprint density at radius 3 is 2.54 bits per heavy atom. The zero-order chi connectivity index (χ0) is 18.8. The van der Waals surface area contributed by atoms with Gasteiger partial charge in [0.25, 0.3) is 0 Å². The first-order chi connectivity index (χ1) is 12.4. The molecule has 2 fully saturated rings. The maximum Gasteiger partial charge on any atom is 0.330 e. The zero-order valence-electron chi connectivity index (χ0n) is 15.3. The Hall–Kier alpha value is -2.37. The molecule has 2 atom stereocenters. The Morgan fingerprint density at radius 2 is 1.88 bits per heavy atom. The van der Waals surface area contributed by atoms with Crippen molar-refractivity contribution in [3.05, 3.63) is 34.9 Å². The molecule has 1 aromatic rings. The Kier molecular flexibility index (Phi) is 5.30. The summed E-state index contributed by atoms with van der Waals surface area (Å²) in [6, 6.07) is 4.39. The molecule has 2 N–H and O–H groups in total. The number of aliphatic carboxylic acids is 1. The highest BCUT2D eigenvalue weighted by Gasteiger charge is 2.37. The lowest BCUT2D eigenvalue weighted by molar-refractivity contribution is -0.144. The predicted octanol–water partition coefficient (Wildman–Crippen LogP) is 2.19. The molecule has 1 aromatic carbocycles. The molecule has 1 aliphatic heterocycles. The lowest BCUT2D eigenvalue weighted by Crippen LogP contribution is -2.47. The summed E-state index contributed by atoms with van der Waals surface area (Å²) in [5.41, 5.74) is 2.46. The van der Waals surface area contributed by atoms with Gasteiger partial charge in [-0.2, -0.15) is 0 Å². The lowest BCUT2D eigenvalue weighted by Gasteiger charge is -2.33. The summed E-state index contributed by atoms with van der Waals surface area (Å²) in [5.74, 6) is -1.43. The maximum absolute atomic E-state index is 12.7. The van der Waals surface area contributed by atoms with Crippen molar-refractivity contribution in [3.8, 4) is 0 Å². The molecule has 1 heterocycles. The van der Waals surface area contributed by atoms with Gasteiger partial charge in [0.2, 0.25) is 11.8 Å². The van der Waals surface area contributed by atoms with Gasteiger partial charge in [0.05, 0.1) is 5.92 Å². The summed E-state index contributed by atoms with van der Waals surface area (Å²) in [7, 11) is 0. The minimum Gasteiger partial charge on any atom is -0.479 e. The van der Waals surface area contributed by atoms with Crippen LogP contribution in [0.4, 0.5) is 0 Å². The standard InChI is InChI=1S/C20H26N2O4/c1-12-5-3-7-16(13(12)2)17(20(25)26)21-18(23)15-6-4-10-22(11-15)19(24)14-8-9-14/h3,5,7,14-15,17H,4,6,8-11H2,1-2H3,(H,21,23)(H,25,26). The van der Waals surface area contributed by atoms with Gasteiger partial charge in [-0.05, 0) is 56.2 Å². The molecule has 1 saturated carbocycles. The number of likely N-dealkylation sites (tertiary alicyclic amines) is 1. The molecule has 6 nitrogen and oxygen atoms in total. The third-order valence-electron chi connectivity index (χ3n) is 5.52. The molecule has 0 aromatic heterocycles. The molecule has 140 valence electrons. The first kappa shape index (κ1) is 18.4. The van der Waals surface area contributed by atoms with Gasteiger partial charge in [-0.1, -0.05) is 18.2 Å². The van der Waals surface area contributed by atoms with Gasteiger partial charge < -0.3 is 15.3 Å². The average molecular weight is 358 g/mol. The van der Waals surface area contributed by atoms with Gasteiger partial charge in [0, 0.05) is 19.0 Å². The van der Waals surface area contributed by atoms with Gasteiger partial charge in [-0.25, -0.2) is 4.79 Å². The van der Waals surface area contributed by atoms with Crippen molar-refractivity contribution >= 4 is 17.8 Å². The fourth-order valence-electron chi connectivity index (χ4n) is 3.60. The Labute approximate surface area is 153 Å². The summed E-state index contributed by atoms with van der Waals surface area (Å²) in [6.45, 7) is 4.87. The van der Waals surface area contributed by atoms with Crippen LogP contribution in [0.5, 0.6) is 0 Å². The number of rotatable bonds is 5. The molecule has 6 heteroatoms. The number of nitrogens with zero attached hydrogens (tertiary/aromatic N) is 1. The quantitative estimate of drug-likeness (QED) is 0.845. The van der Waals surface area contributed by atoms with Crippen LogP contribution in [0.25, 0.3) is 0 Å². The maximum atomic E-state index is 12.7. The van der Waals surface area contributed by atoms with Crippen molar-refractivity contribution in [1.29, 1.82) is 0 Å². The molecule has 2 aliphatic rings. The van der Waals surface area contributed by atoms with E-state index in [1.165, 1.54) is 0 Å². The molecule has 1 aliphatic carbocycles. The van der Waals surface area contributed by atoms with E-state index in [2.05, 4.69) is 5.32 Å². The number of hydrogen-bond donors (Lipinski definition) is 2. The van der Waals surface area contributed by atoms with Crippen LogP contribution in [0.15, 0.2) is 18.2 Å². The van der Waals surface area contributed by atoms with Crippen LogP contribution in [-0.2, 0) is 14.4 Å². The molecule has 1 saturated heterocycles. The fraction of sp³-hybridized carbons (Fsp3) is 0.550. The van der Waals surface area contributed by atoms with E-state index in [9.17, 15) is 19.5 Å². The number of carboxylic acids is 1. The molecule has 0 radical (unpaired) electrons. The van der Waals surface area contributed by atoms with E-state index in [0.717, 1.165) is 30.4 Å². The number of benzene rings is 1. The summed E-state index contributed by atoms with van der Waals surface area (Å²) in [4.78, 5) is 38.5. The number of piperidine rings is 1. The summed E-state index contributed by atoms with van der Waals surface area (Å²) >= 11 is 0. The highest BCUT2D eigenvalue weighted by atomic mass is 16.4. The van der Waals surface area contributed by atoms with Crippen molar-refractivity contribution in [2.24, 2.45) is 11.8 Å². The molecule has 26 heavy (non-hydrogen) atoms. The lowest BCUT2D eigenvalue weighted by atomic mass is 9.94. The highest BCUT2D eigenvalue weighted by Crippen LogP contribution is 2.32. The van der Waals surface area contributed by atoms with Gasteiger partial charge in [0.15, 0.2) is 6.04 Å². The van der Waals surface area contributed by atoms with Crippen molar-refractivity contribution in [3.63, 3.8) is 0 Å². The summed E-state index contributed by atoms with van der Waals surface area (Å²) in [6.07, 6.45) is 3.34. The zero-order valence-corrected chi connectivity index (χ0v) is 15.3. The van der Waals surface area contributed by atoms with Crippen LogP contribution in [0, 0.1) is 25.7 Å². The van der Waals surface area contributed by atoms with Crippen LogP contribution in [0.1, 0.15) is 48.4 Å². The van der Waals surface area contributed by atoms with Crippen LogP contribution in [0.3, 0.4) is 0 Å². The number of carbonyl (C=O) groups is 3. The second kappa shape index (κ2) is 7.48. The fourth-order valence-corrected chi connectivity index (χ4v) is 3.60. The topological polar surface area (TPSA) is 86.7 Å². The van der Waals surface area contributed by atoms with E-state index in [0.29, 0.717) is 25.1 Å². The Balaban J connectivity index is 1.70. The molecule has 3 rings (SSSR count). The number of nitrogens with one attached hydrogen (secondary N) is 1. The smallest absolute Gasteiger partial charge is 0.330 e. The minimum atomic E-state index is -1.08. The second-order valence-electron chi connectivity index (χ2n) is 7.47. The third-order valence-corrected chi connectivity index (χ3v) is 5.52. The Bertz CT molecular complexity index is 727. The predicted molar refractivity (Wildman–Crippen MR) is 96.5 cm³/mol. The molecule has 2 amide bonds. The number of amides is 2. The van der Waals surface area contributed by atoms with Crippen LogP contribution < -0.4 is 5.32 Å². The van der Waals surface area contributed by atoms with Gasteiger partial charge in [-0.15, -0.1) is 0 Å².